The van der Waals surface area contributed by atoms with E-state index in [-0.39, 0.29) is 0 Å². The first-order valence-corrected chi connectivity index (χ1v) is 6.64. The van der Waals surface area contributed by atoms with Crippen LogP contribution in [-0.2, 0) is 6.42 Å². The van der Waals surface area contributed by atoms with E-state index in [4.69, 9.17) is 0 Å². The van der Waals surface area contributed by atoms with Crippen LogP contribution in [0.25, 0.3) is 0 Å². The Morgan fingerprint density at radius 2 is 2.00 bits per heavy atom. The topological polar surface area (TPSA) is 12.0 Å². The molecular formula is C15H14BrN. The number of rotatable bonds is 1. The molecule has 2 aromatic carbocycles. The number of fused-ring (bicyclic) bond motifs is 1. The Morgan fingerprint density at radius 3 is 2.82 bits per heavy atom. The predicted octanol–water partition coefficient (Wildman–Crippen LogP) is 4.47. The average Bonchev–Trinajstić information content (AvgIpc) is 2.72. The van der Waals surface area contributed by atoms with Gasteiger partial charge in [-0.3, -0.25) is 0 Å². The van der Waals surface area contributed by atoms with Gasteiger partial charge in [0.2, 0.25) is 0 Å². The predicted molar refractivity (Wildman–Crippen MR) is 75.4 cm³/mol. The first-order chi connectivity index (χ1) is 8.24. The van der Waals surface area contributed by atoms with Crippen molar-refractivity contribution in [1.82, 2.24) is 0 Å². The molecule has 1 heterocycles. The van der Waals surface area contributed by atoms with Crippen molar-refractivity contribution in [3.63, 3.8) is 0 Å². The maximum Gasteiger partial charge on any atom is 0.0566 e. The standard InChI is InChI=1S/C15H14BrN/c1-10-6-7-14-11(8-10)9-15(17-14)12-4-2-3-5-13(12)16/h2-8,15,17H,9H2,1H3. The highest BCUT2D eigenvalue weighted by Crippen LogP contribution is 2.37. The molecule has 0 amide bonds. The number of hydrogen-bond donors (Lipinski definition) is 1. The van der Waals surface area contributed by atoms with E-state index >= 15 is 0 Å². The van der Waals surface area contributed by atoms with E-state index in [0.29, 0.717) is 6.04 Å². The van der Waals surface area contributed by atoms with Crippen molar-refractivity contribution >= 4 is 21.6 Å². The van der Waals surface area contributed by atoms with Gasteiger partial charge in [-0.25, -0.2) is 0 Å². The minimum Gasteiger partial charge on any atom is -0.378 e. The zero-order chi connectivity index (χ0) is 11.8. The van der Waals surface area contributed by atoms with E-state index in [0.717, 1.165) is 6.42 Å². The van der Waals surface area contributed by atoms with Crippen LogP contribution in [0.2, 0.25) is 0 Å². The van der Waals surface area contributed by atoms with Crippen molar-refractivity contribution in [3.05, 3.63) is 63.6 Å². The van der Waals surface area contributed by atoms with E-state index < -0.39 is 0 Å². The number of hydrogen-bond acceptors (Lipinski definition) is 1. The molecule has 0 bridgehead atoms. The molecule has 1 atom stereocenters. The molecule has 1 nitrogen and oxygen atoms in total. The van der Waals surface area contributed by atoms with Crippen LogP contribution in [0.5, 0.6) is 0 Å². The van der Waals surface area contributed by atoms with Crippen LogP contribution in [0.3, 0.4) is 0 Å². The van der Waals surface area contributed by atoms with Crippen LogP contribution in [-0.4, -0.2) is 0 Å². The van der Waals surface area contributed by atoms with Crippen molar-refractivity contribution < 1.29 is 0 Å². The highest BCUT2D eigenvalue weighted by Gasteiger charge is 2.23. The van der Waals surface area contributed by atoms with Crippen molar-refractivity contribution in [3.8, 4) is 0 Å². The zero-order valence-corrected chi connectivity index (χ0v) is 11.3. The quantitative estimate of drug-likeness (QED) is 0.816. The fourth-order valence-corrected chi connectivity index (χ4v) is 3.00. The molecule has 17 heavy (non-hydrogen) atoms. The van der Waals surface area contributed by atoms with Crippen molar-refractivity contribution in [2.75, 3.05) is 5.32 Å². The number of benzene rings is 2. The summed E-state index contributed by atoms with van der Waals surface area (Å²) < 4.78 is 1.18. The third-order valence-corrected chi connectivity index (χ3v) is 4.02. The van der Waals surface area contributed by atoms with Crippen molar-refractivity contribution in [2.45, 2.75) is 19.4 Å². The second-order valence-corrected chi connectivity index (χ2v) is 5.44. The summed E-state index contributed by atoms with van der Waals surface area (Å²) in [5.74, 6) is 0. The Bertz CT molecular complexity index is 563. The summed E-state index contributed by atoms with van der Waals surface area (Å²) in [6.07, 6.45) is 1.07. The van der Waals surface area contributed by atoms with E-state index in [1.54, 1.807) is 0 Å². The molecule has 1 aliphatic heterocycles. The molecule has 3 rings (SSSR count). The summed E-state index contributed by atoms with van der Waals surface area (Å²) in [6, 6.07) is 15.4. The van der Waals surface area contributed by atoms with Crippen LogP contribution in [0.15, 0.2) is 46.9 Å². The lowest BCUT2D eigenvalue weighted by Gasteiger charge is -2.13. The van der Waals surface area contributed by atoms with E-state index in [2.05, 4.69) is 70.6 Å². The van der Waals surface area contributed by atoms with E-state index in [9.17, 15) is 0 Å². The van der Waals surface area contributed by atoms with Gasteiger partial charge in [0, 0.05) is 10.2 Å². The van der Waals surface area contributed by atoms with Gasteiger partial charge in [-0.1, -0.05) is 51.8 Å². The molecule has 2 aromatic rings. The van der Waals surface area contributed by atoms with Crippen LogP contribution >= 0.6 is 15.9 Å². The molecule has 2 heteroatoms. The second kappa shape index (κ2) is 4.19. The molecule has 0 saturated carbocycles. The normalized spacial score (nSPS) is 17.6. The summed E-state index contributed by atoms with van der Waals surface area (Å²) in [5, 5.41) is 3.59. The lowest BCUT2D eigenvalue weighted by molar-refractivity contribution is 0.819. The molecule has 0 radical (unpaired) electrons. The Balaban J connectivity index is 1.94. The zero-order valence-electron chi connectivity index (χ0n) is 9.70. The van der Waals surface area contributed by atoms with Gasteiger partial charge < -0.3 is 5.32 Å². The lowest BCUT2D eigenvalue weighted by atomic mass is 10.0. The highest BCUT2D eigenvalue weighted by atomic mass is 79.9. The minimum absolute atomic E-state index is 0.391. The average molecular weight is 288 g/mol. The van der Waals surface area contributed by atoms with Crippen LogP contribution in [0.4, 0.5) is 5.69 Å². The Morgan fingerprint density at radius 1 is 1.18 bits per heavy atom. The second-order valence-electron chi connectivity index (χ2n) is 4.58. The molecule has 1 unspecified atom stereocenters. The molecule has 0 saturated heterocycles. The number of aryl methyl sites for hydroxylation is 1. The monoisotopic (exact) mass is 287 g/mol. The summed E-state index contributed by atoms with van der Waals surface area (Å²) >= 11 is 3.63. The Labute approximate surface area is 110 Å². The highest BCUT2D eigenvalue weighted by molar-refractivity contribution is 9.10. The smallest absolute Gasteiger partial charge is 0.0566 e. The molecule has 0 spiro atoms. The Hall–Kier alpha value is -1.28. The Kier molecular flexibility index (Phi) is 2.67. The molecule has 1 N–H and O–H groups in total. The molecule has 1 aliphatic rings. The maximum absolute atomic E-state index is 3.63. The van der Waals surface area contributed by atoms with E-state index in [1.807, 2.05) is 0 Å². The maximum atomic E-state index is 3.63. The van der Waals surface area contributed by atoms with Gasteiger partial charge in [-0.2, -0.15) is 0 Å². The summed E-state index contributed by atoms with van der Waals surface area (Å²) in [4.78, 5) is 0. The van der Waals surface area contributed by atoms with Crippen LogP contribution in [0, 0.1) is 6.92 Å². The van der Waals surface area contributed by atoms with Crippen LogP contribution < -0.4 is 5.32 Å². The fourth-order valence-electron chi connectivity index (χ4n) is 2.44. The molecular weight excluding hydrogens is 274 g/mol. The largest absolute Gasteiger partial charge is 0.378 e. The van der Waals surface area contributed by atoms with Crippen molar-refractivity contribution in [1.29, 1.82) is 0 Å². The fraction of sp³-hybridized carbons (Fsp3) is 0.200. The third-order valence-electron chi connectivity index (χ3n) is 3.30. The summed E-state index contributed by atoms with van der Waals surface area (Å²) in [7, 11) is 0. The van der Waals surface area contributed by atoms with Gasteiger partial charge in [-0.05, 0) is 36.6 Å². The van der Waals surface area contributed by atoms with Gasteiger partial charge >= 0.3 is 0 Å². The minimum atomic E-state index is 0.391. The summed E-state index contributed by atoms with van der Waals surface area (Å²) in [5.41, 5.74) is 5.36. The SMILES string of the molecule is Cc1ccc2c(c1)CC(c1ccccc1Br)N2. The van der Waals surface area contributed by atoms with Gasteiger partial charge in [0.05, 0.1) is 6.04 Å². The first-order valence-electron chi connectivity index (χ1n) is 5.84. The van der Waals surface area contributed by atoms with Gasteiger partial charge in [0.1, 0.15) is 0 Å². The van der Waals surface area contributed by atoms with E-state index in [1.165, 1.54) is 26.9 Å². The van der Waals surface area contributed by atoms with Gasteiger partial charge in [0.25, 0.3) is 0 Å². The summed E-state index contributed by atoms with van der Waals surface area (Å²) in [6.45, 7) is 2.14. The molecule has 0 aromatic heterocycles. The van der Waals surface area contributed by atoms with Gasteiger partial charge in [-0.15, -0.1) is 0 Å². The first kappa shape index (κ1) is 10.8. The number of nitrogens with one attached hydrogen (secondary N) is 1. The lowest BCUT2D eigenvalue weighted by Crippen LogP contribution is -2.06. The third kappa shape index (κ3) is 1.98. The molecule has 0 aliphatic carbocycles. The molecule has 86 valence electrons. The molecule has 0 fully saturated rings. The van der Waals surface area contributed by atoms with Crippen molar-refractivity contribution in [2.24, 2.45) is 0 Å². The number of halogens is 1. The number of anilines is 1. The van der Waals surface area contributed by atoms with Gasteiger partial charge in [0.15, 0.2) is 0 Å². The van der Waals surface area contributed by atoms with Crippen LogP contribution in [0.1, 0.15) is 22.7 Å².